The molecule has 3 N–H and O–H groups in total. The number of carbonyl (C=O) groups excluding carboxylic acids is 1. The maximum atomic E-state index is 10.4. The third-order valence-corrected chi connectivity index (χ3v) is 0.862. The predicted molar refractivity (Wildman–Crippen MR) is 31.7 cm³/mol. The monoisotopic (exact) mass is 138 g/mol. The molecule has 0 aliphatic heterocycles. The average molecular weight is 138 g/mol. The third-order valence-electron chi connectivity index (χ3n) is 0.862. The van der Waals surface area contributed by atoms with Crippen molar-refractivity contribution in [1.82, 2.24) is 5.43 Å². The van der Waals surface area contributed by atoms with Crippen molar-refractivity contribution in [3.63, 3.8) is 0 Å². The van der Waals surface area contributed by atoms with E-state index in [2.05, 4.69) is 0 Å². The lowest BCUT2D eigenvalue weighted by atomic mass is 10.1. The van der Waals surface area contributed by atoms with E-state index in [1.165, 1.54) is 0 Å². The Hall–Kier alpha value is -1.59. The first-order valence-corrected chi connectivity index (χ1v) is 2.53. The standard InChI is InChI=1S/C5H6N4O/c6-2-4(3-7)1-5(10)9-8/h4H,1,8H2,(H,9,10). The second-order valence-electron chi connectivity index (χ2n) is 1.58. The SMILES string of the molecule is N#CC(C#N)CC(=O)NN. The number of amides is 1. The van der Waals surface area contributed by atoms with E-state index in [9.17, 15) is 4.79 Å². The molecule has 0 bridgehead atoms. The van der Waals surface area contributed by atoms with Crippen LogP contribution in [-0.4, -0.2) is 5.91 Å². The van der Waals surface area contributed by atoms with Crippen LogP contribution in [0.5, 0.6) is 0 Å². The second kappa shape index (κ2) is 4.30. The van der Waals surface area contributed by atoms with Gasteiger partial charge < -0.3 is 0 Å². The number of carbonyl (C=O) groups is 1. The Balaban J connectivity index is 3.81. The first-order chi connectivity index (χ1) is 4.74. The van der Waals surface area contributed by atoms with Gasteiger partial charge in [0.05, 0.1) is 18.6 Å². The van der Waals surface area contributed by atoms with Gasteiger partial charge >= 0.3 is 0 Å². The van der Waals surface area contributed by atoms with Crippen molar-refractivity contribution in [2.24, 2.45) is 11.8 Å². The van der Waals surface area contributed by atoms with E-state index >= 15 is 0 Å². The smallest absolute Gasteiger partial charge is 0.236 e. The van der Waals surface area contributed by atoms with Crippen molar-refractivity contribution in [2.75, 3.05) is 0 Å². The number of nitrogens with two attached hydrogens (primary N) is 1. The fourth-order valence-corrected chi connectivity index (χ4v) is 0.364. The van der Waals surface area contributed by atoms with Crippen LogP contribution in [0.3, 0.4) is 0 Å². The van der Waals surface area contributed by atoms with E-state index in [1.807, 2.05) is 5.43 Å². The molecule has 0 aliphatic rings. The summed E-state index contributed by atoms with van der Waals surface area (Å²) in [5.41, 5.74) is 1.82. The number of rotatable bonds is 2. The van der Waals surface area contributed by atoms with Crippen molar-refractivity contribution >= 4 is 5.91 Å². The lowest BCUT2D eigenvalue weighted by molar-refractivity contribution is -0.121. The molecular formula is C5H6N4O. The molecule has 0 aromatic heterocycles. The summed E-state index contributed by atoms with van der Waals surface area (Å²) in [5, 5.41) is 16.4. The Morgan fingerprint density at radius 1 is 1.60 bits per heavy atom. The van der Waals surface area contributed by atoms with Crippen LogP contribution >= 0.6 is 0 Å². The fraction of sp³-hybridized carbons (Fsp3) is 0.400. The Morgan fingerprint density at radius 3 is 2.40 bits per heavy atom. The van der Waals surface area contributed by atoms with Crippen LogP contribution in [0.4, 0.5) is 0 Å². The summed E-state index contributed by atoms with van der Waals surface area (Å²) in [5.74, 6) is 3.31. The molecule has 0 atom stereocenters. The highest BCUT2D eigenvalue weighted by molar-refractivity contribution is 5.76. The molecule has 0 saturated heterocycles. The van der Waals surface area contributed by atoms with Gasteiger partial charge in [-0.3, -0.25) is 10.2 Å². The number of nitrogens with one attached hydrogen (secondary N) is 1. The minimum atomic E-state index is -0.899. The van der Waals surface area contributed by atoms with Gasteiger partial charge in [-0.05, 0) is 0 Å². The van der Waals surface area contributed by atoms with E-state index in [-0.39, 0.29) is 6.42 Å². The van der Waals surface area contributed by atoms with Crippen LogP contribution < -0.4 is 11.3 Å². The van der Waals surface area contributed by atoms with Gasteiger partial charge in [-0.2, -0.15) is 10.5 Å². The number of nitriles is 2. The summed E-state index contributed by atoms with van der Waals surface area (Å²) in [7, 11) is 0. The minimum absolute atomic E-state index is 0.163. The van der Waals surface area contributed by atoms with Crippen LogP contribution in [0.1, 0.15) is 6.42 Å². The highest BCUT2D eigenvalue weighted by atomic mass is 16.2. The van der Waals surface area contributed by atoms with E-state index in [1.54, 1.807) is 12.1 Å². The molecule has 0 aromatic rings. The molecule has 0 unspecified atom stereocenters. The highest BCUT2D eigenvalue weighted by Crippen LogP contribution is 1.97. The zero-order valence-electron chi connectivity index (χ0n) is 5.16. The van der Waals surface area contributed by atoms with E-state index < -0.39 is 11.8 Å². The van der Waals surface area contributed by atoms with E-state index in [0.717, 1.165) is 0 Å². The summed E-state index contributed by atoms with van der Waals surface area (Å²) in [6.45, 7) is 0. The molecule has 1 amide bonds. The molecular weight excluding hydrogens is 132 g/mol. The highest BCUT2D eigenvalue weighted by Gasteiger charge is 2.09. The molecule has 0 aliphatic carbocycles. The predicted octanol–water partition coefficient (Wildman–Crippen LogP) is -0.970. The molecule has 0 aromatic carbocycles. The maximum Gasteiger partial charge on any atom is 0.236 e. The van der Waals surface area contributed by atoms with Gasteiger partial charge in [-0.1, -0.05) is 0 Å². The summed E-state index contributed by atoms with van der Waals surface area (Å²) in [6.07, 6.45) is -0.163. The molecule has 0 heterocycles. The summed E-state index contributed by atoms with van der Waals surface area (Å²) < 4.78 is 0. The molecule has 10 heavy (non-hydrogen) atoms. The Labute approximate surface area is 58.0 Å². The lowest BCUT2D eigenvalue weighted by Crippen LogP contribution is -2.31. The number of hydrogen-bond donors (Lipinski definition) is 2. The third kappa shape index (κ3) is 2.65. The second-order valence-corrected chi connectivity index (χ2v) is 1.58. The number of hydrazine groups is 1. The molecule has 0 fully saturated rings. The molecule has 0 radical (unpaired) electrons. The van der Waals surface area contributed by atoms with Gasteiger partial charge in [-0.25, -0.2) is 5.84 Å². The van der Waals surface area contributed by atoms with Gasteiger partial charge in [0.25, 0.3) is 0 Å². The van der Waals surface area contributed by atoms with Crippen LogP contribution in [0.2, 0.25) is 0 Å². The van der Waals surface area contributed by atoms with Crippen molar-refractivity contribution in [2.45, 2.75) is 6.42 Å². The van der Waals surface area contributed by atoms with Crippen LogP contribution in [0.25, 0.3) is 0 Å². The zero-order chi connectivity index (χ0) is 7.98. The average Bonchev–Trinajstić information content (AvgIpc) is 1.99. The molecule has 0 spiro atoms. The van der Waals surface area contributed by atoms with Gasteiger partial charge in [0.15, 0.2) is 0 Å². The van der Waals surface area contributed by atoms with Crippen molar-refractivity contribution in [3.8, 4) is 12.1 Å². The normalized spacial score (nSPS) is 8.00. The zero-order valence-corrected chi connectivity index (χ0v) is 5.16. The Kier molecular flexibility index (Phi) is 3.62. The van der Waals surface area contributed by atoms with Gasteiger partial charge in [0, 0.05) is 0 Å². The lowest BCUT2D eigenvalue weighted by Gasteiger charge is -1.96. The molecule has 5 heteroatoms. The van der Waals surface area contributed by atoms with Crippen LogP contribution in [0.15, 0.2) is 0 Å². The number of hydrogen-bond acceptors (Lipinski definition) is 4. The molecule has 0 rings (SSSR count). The van der Waals surface area contributed by atoms with Gasteiger partial charge in [0.1, 0.15) is 5.92 Å². The topological polar surface area (TPSA) is 103 Å². The van der Waals surface area contributed by atoms with E-state index in [0.29, 0.717) is 0 Å². The first kappa shape index (κ1) is 8.41. The molecule has 5 nitrogen and oxygen atoms in total. The summed E-state index contributed by atoms with van der Waals surface area (Å²) in [4.78, 5) is 10.4. The molecule has 52 valence electrons. The Morgan fingerprint density at radius 2 is 2.10 bits per heavy atom. The summed E-state index contributed by atoms with van der Waals surface area (Å²) in [6, 6.07) is 3.28. The summed E-state index contributed by atoms with van der Waals surface area (Å²) >= 11 is 0. The minimum Gasteiger partial charge on any atom is -0.294 e. The van der Waals surface area contributed by atoms with Crippen LogP contribution in [-0.2, 0) is 4.79 Å². The van der Waals surface area contributed by atoms with Crippen molar-refractivity contribution in [1.29, 1.82) is 10.5 Å². The van der Waals surface area contributed by atoms with Gasteiger partial charge in [-0.15, -0.1) is 0 Å². The van der Waals surface area contributed by atoms with Crippen molar-refractivity contribution in [3.05, 3.63) is 0 Å². The van der Waals surface area contributed by atoms with Gasteiger partial charge in [0.2, 0.25) is 5.91 Å². The quantitative estimate of drug-likeness (QED) is 0.291. The molecule has 0 saturated carbocycles. The van der Waals surface area contributed by atoms with E-state index in [4.69, 9.17) is 16.4 Å². The largest absolute Gasteiger partial charge is 0.294 e. The maximum absolute atomic E-state index is 10.4. The number of nitrogens with zero attached hydrogens (tertiary/aromatic N) is 2. The Bertz CT molecular complexity index is 185. The van der Waals surface area contributed by atoms with Crippen LogP contribution in [0, 0.1) is 28.6 Å². The first-order valence-electron chi connectivity index (χ1n) is 2.53. The fourth-order valence-electron chi connectivity index (χ4n) is 0.364. The van der Waals surface area contributed by atoms with Crippen molar-refractivity contribution < 1.29 is 4.79 Å².